The summed E-state index contributed by atoms with van der Waals surface area (Å²) >= 11 is 0. The largest absolute Gasteiger partial charge is 0.480 e. The second-order valence-electron chi connectivity index (χ2n) is 7.49. The van der Waals surface area contributed by atoms with Gasteiger partial charge in [0.05, 0.1) is 5.56 Å². The lowest BCUT2D eigenvalue weighted by Crippen LogP contribution is -2.55. The number of likely N-dealkylation sites (tertiary alicyclic amines) is 1. The molecule has 1 aliphatic rings. The van der Waals surface area contributed by atoms with Gasteiger partial charge in [-0.25, -0.2) is 0 Å². The molecule has 6 nitrogen and oxygen atoms in total. The molecule has 0 amide bonds. The van der Waals surface area contributed by atoms with Crippen LogP contribution in [0.4, 0.5) is 13.2 Å². The van der Waals surface area contributed by atoms with Crippen LogP contribution in [0.1, 0.15) is 36.8 Å². The smallest absolute Gasteiger partial charge is 0.451 e. The Morgan fingerprint density at radius 2 is 1.86 bits per heavy atom. The molecular formula is C18H26BF3N2O4. The van der Waals surface area contributed by atoms with Crippen LogP contribution in [-0.2, 0) is 17.5 Å². The number of nitrogens with two attached hydrogens (primary N) is 1. The fourth-order valence-electron chi connectivity index (χ4n) is 3.68. The van der Waals surface area contributed by atoms with Gasteiger partial charge in [-0.05, 0) is 43.4 Å². The molecule has 2 atom stereocenters. The molecular weight excluding hydrogens is 376 g/mol. The Hall–Kier alpha value is -1.62. The molecule has 2 rings (SSSR count). The van der Waals surface area contributed by atoms with Crippen LogP contribution >= 0.6 is 0 Å². The molecule has 10 heteroatoms. The van der Waals surface area contributed by atoms with Crippen molar-refractivity contribution >= 4 is 13.1 Å². The first-order chi connectivity index (χ1) is 13.0. The third-order valence-electron chi connectivity index (χ3n) is 5.39. The number of carboxylic acid groups (broad SMARTS) is 1. The molecule has 1 saturated heterocycles. The quantitative estimate of drug-likeness (QED) is 0.372. The average molecular weight is 402 g/mol. The molecule has 1 aromatic rings. The van der Waals surface area contributed by atoms with Gasteiger partial charge in [0, 0.05) is 19.0 Å². The summed E-state index contributed by atoms with van der Waals surface area (Å²) in [5, 5.41) is 27.4. The second kappa shape index (κ2) is 9.26. The number of carbonyl (C=O) groups is 1. The molecule has 0 spiro atoms. The van der Waals surface area contributed by atoms with E-state index >= 15 is 0 Å². The molecule has 0 aromatic heterocycles. The van der Waals surface area contributed by atoms with Crippen LogP contribution in [0, 0.1) is 5.92 Å². The molecule has 1 heterocycles. The highest BCUT2D eigenvalue weighted by atomic mass is 19.4. The number of carboxylic acids is 1. The predicted molar refractivity (Wildman–Crippen MR) is 98.2 cm³/mol. The Kier molecular flexibility index (Phi) is 7.49. The van der Waals surface area contributed by atoms with Gasteiger partial charge in [-0.3, -0.25) is 9.69 Å². The van der Waals surface area contributed by atoms with Crippen molar-refractivity contribution in [1.29, 1.82) is 0 Å². The van der Waals surface area contributed by atoms with Gasteiger partial charge in [0.15, 0.2) is 0 Å². The van der Waals surface area contributed by atoms with Crippen molar-refractivity contribution < 1.29 is 33.1 Å². The van der Waals surface area contributed by atoms with Crippen LogP contribution in [0.15, 0.2) is 24.3 Å². The van der Waals surface area contributed by atoms with E-state index in [4.69, 9.17) is 15.8 Å². The Labute approximate surface area is 162 Å². The lowest BCUT2D eigenvalue weighted by Gasteiger charge is -2.31. The Morgan fingerprint density at radius 3 is 2.39 bits per heavy atom. The molecule has 0 radical (unpaired) electrons. The number of halogens is 3. The zero-order valence-electron chi connectivity index (χ0n) is 15.5. The minimum Gasteiger partial charge on any atom is -0.480 e. The molecule has 28 heavy (non-hydrogen) atoms. The van der Waals surface area contributed by atoms with Crippen molar-refractivity contribution in [2.24, 2.45) is 11.7 Å². The van der Waals surface area contributed by atoms with E-state index in [1.807, 2.05) is 4.90 Å². The predicted octanol–water partition coefficient (Wildman–Crippen LogP) is 1.95. The van der Waals surface area contributed by atoms with Crippen molar-refractivity contribution in [3.05, 3.63) is 35.4 Å². The van der Waals surface area contributed by atoms with E-state index in [2.05, 4.69) is 0 Å². The lowest BCUT2D eigenvalue weighted by molar-refractivity contribution is -0.146. The first kappa shape index (κ1) is 22.7. The van der Waals surface area contributed by atoms with Gasteiger partial charge in [-0.2, -0.15) is 13.2 Å². The van der Waals surface area contributed by atoms with E-state index < -0.39 is 30.4 Å². The molecule has 0 saturated carbocycles. The molecule has 1 aromatic carbocycles. The molecule has 156 valence electrons. The van der Waals surface area contributed by atoms with Gasteiger partial charge in [0.1, 0.15) is 5.54 Å². The van der Waals surface area contributed by atoms with Crippen molar-refractivity contribution in [2.75, 3.05) is 13.1 Å². The summed E-state index contributed by atoms with van der Waals surface area (Å²) in [7, 11) is -1.41. The maximum Gasteiger partial charge on any atom is 0.451 e. The third-order valence-corrected chi connectivity index (χ3v) is 5.39. The topological polar surface area (TPSA) is 107 Å². The van der Waals surface area contributed by atoms with Crippen molar-refractivity contribution in [1.82, 2.24) is 4.90 Å². The van der Waals surface area contributed by atoms with E-state index in [1.54, 1.807) is 0 Å². The monoisotopic (exact) mass is 402 g/mol. The van der Waals surface area contributed by atoms with E-state index in [1.165, 1.54) is 12.1 Å². The van der Waals surface area contributed by atoms with Gasteiger partial charge in [0.25, 0.3) is 0 Å². The van der Waals surface area contributed by atoms with Gasteiger partial charge in [0.2, 0.25) is 0 Å². The standard InChI is InChI=1S/C18H26BF3N2O4/c20-18(21,22)14-5-3-13(4-6-14)11-24-10-7-15(12-24)17(23,16(25)26)8-1-2-9-19(27)28/h3-6,15,27-28H,1-2,7-12,23H2,(H,25,26)/t15-,17?/m1/s1. The SMILES string of the molecule is NC(CCCCB(O)O)(C(=O)O)[C@@H]1CCN(Cc2ccc(C(F)(F)F)cc2)C1. The molecule has 1 fully saturated rings. The maximum absolute atomic E-state index is 12.6. The van der Waals surface area contributed by atoms with Gasteiger partial charge >= 0.3 is 19.3 Å². The minimum atomic E-state index is -4.37. The summed E-state index contributed by atoms with van der Waals surface area (Å²) < 4.78 is 37.9. The first-order valence-corrected chi connectivity index (χ1v) is 9.29. The van der Waals surface area contributed by atoms with Crippen molar-refractivity contribution in [2.45, 2.75) is 50.3 Å². The number of rotatable bonds is 9. The van der Waals surface area contributed by atoms with Crippen molar-refractivity contribution in [3.63, 3.8) is 0 Å². The fraction of sp³-hybridized carbons (Fsp3) is 0.611. The van der Waals surface area contributed by atoms with Gasteiger partial charge < -0.3 is 20.9 Å². The summed E-state index contributed by atoms with van der Waals surface area (Å²) in [6, 6.07) is 4.96. The number of nitrogens with zero attached hydrogens (tertiary/aromatic N) is 1. The second-order valence-corrected chi connectivity index (χ2v) is 7.49. The van der Waals surface area contributed by atoms with Crippen LogP contribution in [-0.4, -0.2) is 51.8 Å². The molecule has 0 aliphatic carbocycles. The molecule has 5 N–H and O–H groups in total. The number of hydrogen-bond donors (Lipinski definition) is 4. The summed E-state index contributed by atoms with van der Waals surface area (Å²) in [4.78, 5) is 13.8. The highest BCUT2D eigenvalue weighted by molar-refractivity contribution is 6.40. The van der Waals surface area contributed by atoms with Crippen LogP contribution in [0.25, 0.3) is 0 Å². The minimum absolute atomic E-state index is 0.167. The van der Waals surface area contributed by atoms with Crippen LogP contribution in [0.5, 0.6) is 0 Å². The first-order valence-electron chi connectivity index (χ1n) is 9.29. The number of unbranched alkanes of at least 4 members (excludes halogenated alkanes) is 1. The number of benzene rings is 1. The molecule has 1 unspecified atom stereocenters. The zero-order chi connectivity index (χ0) is 20.9. The number of hydrogen-bond acceptors (Lipinski definition) is 5. The number of alkyl halides is 3. The van der Waals surface area contributed by atoms with E-state index in [0.29, 0.717) is 38.9 Å². The van der Waals surface area contributed by atoms with E-state index in [-0.39, 0.29) is 18.7 Å². The summed E-state index contributed by atoms with van der Waals surface area (Å²) in [6.07, 6.45) is -2.45. The van der Waals surface area contributed by atoms with Crippen LogP contribution in [0.2, 0.25) is 6.32 Å². The van der Waals surface area contributed by atoms with E-state index in [0.717, 1.165) is 17.7 Å². The average Bonchev–Trinajstić information content (AvgIpc) is 3.07. The van der Waals surface area contributed by atoms with Crippen LogP contribution < -0.4 is 5.73 Å². The van der Waals surface area contributed by atoms with Crippen LogP contribution in [0.3, 0.4) is 0 Å². The molecule has 1 aliphatic heterocycles. The maximum atomic E-state index is 12.6. The van der Waals surface area contributed by atoms with Gasteiger partial charge in [-0.1, -0.05) is 25.0 Å². The summed E-state index contributed by atoms with van der Waals surface area (Å²) in [5.41, 5.74) is 4.83. The van der Waals surface area contributed by atoms with Crippen molar-refractivity contribution in [3.8, 4) is 0 Å². The van der Waals surface area contributed by atoms with E-state index in [9.17, 15) is 23.1 Å². The fourth-order valence-corrected chi connectivity index (χ4v) is 3.68. The van der Waals surface area contributed by atoms with Gasteiger partial charge in [-0.15, -0.1) is 0 Å². The normalized spacial score (nSPS) is 20.1. The highest BCUT2D eigenvalue weighted by Gasteiger charge is 2.44. The Balaban J connectivity index is 1.93. The summed E-state index contributed by atoms with van der Waals surface area (Å²) in [6.45, 7) is 1.50. The summed E-state index contributed by atoms with van der Waals surface area (Å²) in [5.74, 6) is -1.36. The highest BCUT2D eigenvalue weighted by Crippen LogP contribution is 2.32. The third kappa shape index (κ3) is 5.94. The molecule has 0 bridgehead atoms. The lowest BCUT2D eigenvalue weighted by atomic mass is 9.77. The zero-order valence-corrected chi connectivity index (χ0v) is 15.5. The Morgan fingerprint density at radius 1 is 1.21 bits per heavy atom. The Bertz CT molecular complexity index is 657. The number of aliphatic carboxylic acids is 1.